The summed E-state index contributed by atoms with van der Waals surface area (Å²) in [5, 5.41) is 13.1. The number of anilines is 1. The van der Waals surface area contributed by atoms with E-state index < -0.39 is 6.04 Å². The number of benzene rings is 2. The van der Waals surface area contributed by atoms with E-state index in [0.717, 1.165) is 11.3 Å². The zero-order chi connectivity index (χ0) is 18.2. The van der Waals surface area contributed by atoms with Crippen LogP contribution in [0, 0.1) is 0 Å². The highest BCUT2D eigenvalue weighted by Crippen LogP contribution is 2.28. The molecule has 0 radical (unpaired) electrons. The number of rotatable bonds is 8. The van der Waals surface area contributed by atoms with Crippen LogP contribution in [0.4, 0.5) is 5.69 Å². The number of hydrogen-bond acceptors (Lipinski definition) is 5. The highest BCUT2D eigenvalue weighted by Gasteiger charge is 2.08. The zero-order valence-electron chi connectivity index (χ0n) is 13.9. The number of aromatic hydroxyl groups is 1. The number of carbonyl (C=O) groups is 1. The van der Waals surface area contributed by atoms with E-state index in [1.807, 2.05) is 19.1 Å². The Balaban J connectivity index is 2.22. The van der Waals surface area contributed by atoms with Crippen LogP contribution in [-0.4, -0.2) is 24.0 Å². The van der Waals surface area contributed by atoms with Gasteiger partial charge in [0.2, 0.25) is 0 Å². The summed E-state index contributed by atoms with van der Waals surface area (Å²) in [6.45, 7) is 2.46. The molecule has 1 unspecified atom stereocenters. The number of ether oxygens (including phenoxy) is 1. The molecule has 0 amide bonds. The maximum atomic E-state index is 10.9. The van der Waals surface area contributed by atoms with Crippen molar-refractivity contribution in [3.05, 3.63) is 64.8 Å². The van der Waals surface area contributed by atoms with Gasteiger partial charge in [-0.15, -0.1) is 0 Å². The molecule has 2 aromatic rings. The first-order chi connectivity index (χ1) is 12.0. The van der Waals surface area contributed by atoms with E-state index in [-0.39, 0.29) is 5.75 Å². The molecule has 0 heterocycles. The van der Waals surface area contributed by atoms with E-state index in [0.29, 0.717) is 35.8 Å². The molecule has 5 nitrogen and oxygen atoms in total. The smallest absolute Gasteiger partial charge is 0.140 e. The average molecular weight is 361 g/mol. The second-order valence-corrected chi connectivity index (χ2v) is 5.86. The number of phenols is 1. The SMILES string of the molecule is CCOc1ccc(N/C(=C\C(N)C=O)Cc2ccc(O)cc2)c(Cl)c1. The average Bonchev–Trinajstić information content (AvgIpc) is 2.59. The number of carbonyl (C=O) groups excluding carboxylic acids is 1. The molecule has 2 aromatic carbocycles. The van der Waals surface area contributed by atoms with Gasteiger partial charge in [0.05, 0.1) is 23.4 Å². The summed E-state index contributed by atoms with van der Waals surface area (Å²) < 4.78 is 5.42. The Bertz CT molecular complexity index is 745. The Hall–Kier alpha value is -2.50. The molecule has 0 saturated heterocycles. The molecule has 6 heteroatoms. The number of aldehydes is 1. The molecule has 0 fully saturated rings. The Morgan fingerprint density at radius 1 is 1.32 bits per heavy atom. The molecular weight excluding hydrogens is 340 g/mol. The number of nitrogens with two attached hydrogens (primary N) is 1. The van der Waals surface area contributed by atoms with Crippen molar-refractivity contribution in [3.63, 3.8) is 0 Å². The van der Waals surface area contributed by atoms with Gasteiger partial charge < -0.3 is 25.7 Å². The summed E-state index contributed by atoms with van der Waals surface area (Å²) in [6.07, 6.45) is 2.82. The van der Waals surface area contributed by atoms with E-state index in [4.69, 9.17) is 22.1 Å². The van der Waals surface area contributed by atoms with Crippen molar-refractivity contribution in [2.24, 2.45) is 5.73 Å². The molecule has 4 N–H and O–H groups in total. The molecule has 25 heavy (non-hydrogen) atoms. The molecule has 0 saturated carbocycles. The third-order valence-corrected chi connectivity index (χ3v) is 3.74. The maximum absolute atomic E-state index is 10.9. The predicted molar refractivity (Wildman–Crippen MR) is 100 cm³/mol. The van der Waals surface area contributed by atoms with Crippen LogP contribution in [0.2, 0.25) is 5.02 Å². The van der Waals surface area contributed by atoms with Gasteiger partial charge in [-0.3, -0.25) is 0 Å². The molecule has 0 aliphatic rings. The van der Waals surface area contributed by atoms with Gasteiger partial charge in [0.25, 0.3) is 0 Å². The minimum atomic E-state index is -0.721. The summed E-state index contributed by atoms with van der Waals surface area (Å²) in [5.74, 6) is 0.882. The third-order valence-electron chi connectivity index (χ3n) is 3.43. The van der Waals surface area contributed by atoms with Crippen LogP contribution in [-0.2, 0) is 11.2 Å². The van der Waals surface area contributed by atoms with E-state index in [9.17, 15) is 9.90 Å². The molecular formula is C19H21ClN2O3. The van der Waals surface area contributed by atoms with Crippen LogP contribution in [0.1, 0.15) is 12.5 Å². The van der Waals surface area contributed by atoms with Crippen molar-refractivity contribution in [2.45, 2.75) is 19.4 Å². The van der Waals surface area contributed by atoms with Crippen molar-refractivity contribution >= 4 is 23.6 Å². The fraction of sp³-hybridized carbons (Fsp3) is 0.211. The molecule has 0 aliphatic carbocycles. The monoisotopic (exact) mass is 360 g/mol. The second-order valence-electron chi connectivity index (χ2n) is 5.45. The minimum absolute atomic E-state index is 0.196. The van der Waals surface area contributed by atoms with Gasteiger partial charge in [0.1, 0.15) is 17.8 Å². The van der Waals surface area contributed by atoms with Gasteiger partial charge in [-0.05, 0) is 42.8 Å². The molecule has 2 rings (SSSR count). The topological polar surface area (TPSA) is 84.6 Å². The van der Waals surface area contributed by atoms with Crippen LogP contribution in [0.15, 0.2) is 54.2 Å². The lowest BCUT2D eigenvalue weighted by molar-refractivity contribution is -0.108. The summed E-state index contributed by atoms with van der Waals surface area (Å²) in [7, 11) is 0. The Morgan fingerprint density at radius 2 is 2.04 bits per heavy atom. The number of hydrogen-bond donors (Lipinski definition) is 3. The standard InChI is InChI=1S/C19H21ClN2O3/c1-2-25-17-7-8-19(18(20)11-17)22-15(10-14(21)12-23)9-13-3-5-16(24)6-4-13/h3-8,10-12,14,22,24H,2,9,21H2,1H3/b15-10-. The van der Waals surface area contributed by atoms with Crippen molar-refractivity contribution in [1.82, 2.24) is 0 Å². The molecule has 132 valence electrons. The van der Waals surface area contributed by atoms with Crippen LogP contribution in [0.25, 0.3) is 0 Å². The predicted octanol–water partition coefficient (Wildman–Crippen LogP) is 3.51. The van der Waals surface area contributed by atoms with Crippen LogP contribution < -0.4 is 15.8 Å². The lowest BCUT2D eigenvalue weighted by Crippen LogP contribution is -2.20. The van der Waals surface area contributed by atoms with E-state index in [2.05, 4.69) is 5.32 Å². The van der Waals surface area contributed by atoms with Gasteiger partial charge in [-0.25, -0.2) is 0 Å². The van der Waals surface area contributed by atoms with E-state index >= 15 is 0 Å². The summed E-state index contributed by atoms with van der Waals surface area (Å²) >= 11 is 6.30. The summed E-state index contributed by atoms with van der Waals surface area (Å²) in [4.78, 5) is 10.9. The van der Waals surface area contributed by atoms with Crippen LogP contribution in [0.5, 0.6) is 11.5 Å². The molecule has 0 bridgehead atoms. The van der Waals surface area contributed by atoms with Crippen molar-refractivity contribution in [2.75, 3.05) is 11.9 Å². The molecule has 0 aliphatic heterocycles. The van der Waals surface area contributed by atoms with Crippen LogP contribution >= 0.6 is 11.6 Å². The fourth-order valence-electron chi connectivity index (χ4n) is 2.28. The summed E-state index contributed by atoms with van der Waals surface area (Å²) in [5.41, 5.74) is 8.11. The third kappa shape index (κ3) is 5.81. The molecule has 0 aromatic heterocycles. The zero-order valence-corrected chi connectivity index (χ0v) is 14.7. The van der Waals surface area contributed by atoms with E-state index in [1.54, 1.807) is 36.4 Å². The number of allylic oxidation sites excluding steroid dienone is 1. The number of nitrogens with one attached hydrogen (secondary N) is 1. The van der Waals surface area contributed by atoms with Crippen molar-refractivity contribution in [3.8, 4) is 11.5 Å². The number of phenolic OH excluding ortho intramolecular Hbond substituents is 1. The Labute approximate surface area is 152 Å². The van der Waals surface area contributed by atoms with Crippen molar-refractivity contribution in [1.29, 1.82) is 0 Å². The first-order valence-corrected chi connectivity index (χ1v) is 8.28. The largest absolute Gasteiger partial charge is 0.508 e. The fourth-order valence-corrected chi connectivity index (χ4v) is 2.49. The lowest BCUT2D eigenvalue weighted by Gasteiger charge is -2.15. The van der Waals surface area contributed by atoms with Gasteiger partial charge in [0.15, 0.2) is 0 Å². The number of halogens is 1. The highest BCUT2D eigenvalue weighted by atomic mass is 35.5. The first kappa shape index (κ1) is 18.8. The highest BCUT2D eigenvalue weighted by molar-refractivity contribution is 6.33. The van der Waals surface area contributed by atoms with Gasteiger partial charge >= 0.3 is 0 Å². The van der Waals surface area contributed by atoms with Gasteiger partial charge in [-0.1, -0.05) is 23.7 Å². The van der Waals surface area contributed by atoms with E-state index in [1.165, 1.54) is 0 Å². The molecule has 0 spiro atoms. The first-order valence-electron chi connectivity index (χ1n) is 7.90. The normalized spacial score (nSPS) is 12.5. The second kappa shape index (κ2) is 9.11. The van der Waals surface area contributed by atoms with Crippen LogP contribution in [0.3, 0.4) is 0 Å². The van der Waals surface area contributed by atoms with Gasteiger partial charge in [-0.2, -0.15) is 0 Å². The maximum Gasteiger partial charge on any atom is 0.140 e. The van der Waals surface area contributed by atoms with Crippen molar-refractivity contribution < 1.29 is 14.6 Å². The quantitative estimate of drug-likeness (QED) is 0.627. The van der Waals surface area contributed by atoms with Gasteiger partial charge in [0, 0.05) is 18.2 Å². The Kier molecular flexibility index (Phi) is 6.86. The lowest BCUT2D eigenvalue weighted by atomic mass is 10.1. The molecule has 1 atom stereocenters. The minimum Gasteiger partial charge on any atom is -0.508 e. The Morgan fingerprint density at radius 3 is 2.64 bits per heavy atom. The summed E-state index contributed by atoms with van der Waals surface area (Å²) in [6, 6.07) is 11.5.